The Labute approximate surface area is 208 Å². The van der Waals surface area contributed by atoms with E-state index in [4.69, 9.17) is 27.9 Å². The molecular formula is C24H28Cl2N4O2S. The molecule has 0 atom stereocenters. The van der Waals surface area contributed by atoms with Gasteiger partial charge in [-0.3, -0.25) is 0 Å². The van der Waals surface area contributed by atoms with Gasteiger partial charge in [-0.15, -0.1) is 11.3 Å². The van der Waals surface area contributed by atoms with Crippen molar-refractivity contribution < 1.29 is 9.53 Å². The fourth-order valence-electron chi connectivity index (χ4n) is 4.00. The van der Waals surface area contributed by atoms with Crippen molar-refractivity contribution in [2.75, 3.05) is 24.5 Å². The number of carbonyl (C=O) groups is 1. The fraction of sp³-hybridized carbons (Fsp3) is 0.458. The molecule has 4 rings (SSSR count). The number of amides is 1. The summed E-state index contributed by atoms with van der Waals surface area (Å²) in [5, 5.41) is 6.07. The van der Waals surface area contributed by atoms with Crippen molar-refractivity contribution >= 4 is 56.7 Å². The van der Waals surface area contributed by atoms with E-state index in [0.717, 1.165) is 53.1 Å². The molecule has 2 aromatic heterocycles. The first-order chi connectivity index (χ1) is 15.6. The van der Waals surface area contributed by atoms with Gasteiger partial charge in [0.05, 0.1) is 20.3 Å². The number of rotatable bonds is 4. The molecule has 1 saturated heterocycles. The lowest BCUT2D eigenvalue weighted by Gasteiger charge is -2.40. The van der Waals surface area contributed by atoms with Crippen molar-refractivity contribution in [1.82, 2.24) is 15.3 Å². The second kappa shape index (κ2) is 9.28. The van der Waals surface area contributed by atoms with E-state index in [9.17, 15) is 4.79 Å². The SMILES string of the molecule is CC1(CNC(=O)OC(C)(C)C)CCN(c2ncnc3c(-c4cccc(Cl)c4Cl)csc23)CC1. The Kier molecular flexibility index (Phi) is 6.76. The molecule has 1 fully saturated rings. The van der Waals surface area contributed by atoms with Crippen LogP contribution in [0, 0.1) is 5.41 Å². The van der Waals surface area contributed by atoms with Gasteiger partial charge in [0.25, 0.3) is 0 Å². The molecular weight excluding hydrogens is 479 g/mol. The zero-order valence-corrected chi connectivity index (χ0v) is 21.6. The number of aromatic nitrogens is 2. The van der Waals surface area contributed by atoms with Gasteiger partial charge in [-0.25, -0.2) is 14.8 Å². The first-order valence-electron chi connectivity index (χ1n) is 10.9. The van der Waals surface area contributed by atoms with Crippen LogP contribution in [0.25, 0.3) is 21.3 Å². The number of piperidine rings is 1. The van der Waals surface area contributed by atoms with Gasteiger partial charge in [-0.05, 0) is 45.1 Å². The van der Waals surface area contributed by atoms with Crippen molar-refractivity contribution in [3.63, 3.8) is 0 Å². The number of hydrogen-bond donors (Lipinski definition) is 1. The molecule has 0 saturated carbocycles. The standard InChI is InChI=1S/C24H28Cl2N4O2S/c1-23(2,3)32-22(31)27-13-24(4)8-10-30(11-9-24)21-20-19(28-14-29-21)16(12-33-20)15-6-5-7-17(25)18(15)26/h5-7,12,14H,8-11,13H2,1-4H3,(H,27,31). The van der Waals surface area contributed by atoms with Crippen LogP contribution in [0.15, 0.2) is 29.9 Å². The number of ether oxygens (including phenoxy) is 1. The molecule has 3 aromatic rings. The molecule has 9 heteroatoms. The Morgan fingerprint density at radius 2 is 1.94 bits per heavy atom. The van der Waals surface area contributed by atoms with Crippen LogP contribution in [0.2, 0.25) is 10.0 Å². The summed E-state index contributed by atoms with van der Waals surface area (Å²) >= 11 is 14.3. The predicted octanol–water partition coefficient (Wildman–Crippen LogP) is 6.80. The average molecular weight is 507 g/mol. The third-order valence-corrected chi connectivity index (χ3v) is 7.69. The Balaban J connectivity index is 1.48. The van der Waals surface area contributed by atoms with E-state index in [2.05, 4.69) is 32.5 Å². The molecule has 0 aliphatic carbocycles. The maximum Gasteiger partial charge on any atom is 0.407 e. The topological polar surface area (TPSA) is 67.3 Å². The summed E-state index contributed by atoms with van der Waals surface area (Å²) in [5.74, 6) is 0.941. The normalized spacial score (nSPS) is 16.1. The van der Waals surface area contributed by atoms with E-state index in [1.165, 1.54) is 0 Å². The number of halogens is 2. The number of alkyl carbamates (subject to hydrolysis) is 1. The van der Waals surface area contributed by atoms with Gasteiger partial charge in [0, 0.05) is 36.1 Å². The molecule has 1 amide bonds. The molecule has 0 unspecified atom stereocenters. The lowest BCUT2D eigenvalue weighted by molar-refractivity contribution is 0.0495. The van der Waals surface area contributed by atoms with Gasteiger partial charge < -0.3 is 15.0 Å². The molecule has 1 aromatic carbocycles. The van der Waals surface area contributed by atoms with Crippen molar-refractivity contribution in [2.45, 2.75) is 46.1 Å². The lowest BCUT2D eigenvalue weighted by atomic mass is 9.80. The number of carbonyl (C=O) groups excluding carboxylic acids is 1. The van der Waals surface area contributed by atoms with Crippen LogP contribution >= 0.6 is 34.5 Å². The Bertz CT molecular complexity index is 1170. The highest BCUT2D eigenvalue weighted by Gasteiger charge is 2.32. The predicted molar refractivity (Wildman–Crippen MR) is 137 cm³/mol. The van der Waals surface area contributed by atoms with Crippen LogP contribution < -0.4 is 10.2 Å². The molecule has 3 heterocycles. The largest absolute Gasteiger partial charge is 0.444 e. The second-order valence-electron chi connectivity index (χ2n) is 9.78. The highest BCUT2D eigenvalue weighted by Crippen LogP contribution is 2.42. The van der Waals surface area contributed by atoms with Crippen LogP contribution in [0.1, 0.15) is 40.5 Å². The zero-order valence-electron chi connectivity index (χ0n) is 19.2. The molecule has 0 spiro atoms. The van der Waals surface area contributed by atoms with Gasteiger partial charge in [-0.2, -0.15) is 0 Å². The van der Waals surface area contributed by atoms with E-state index < -0.39 is 5.60 Å². The lowest BCUT2D eigenvalue weighted by Crippen LogP contribution is -2.46. The van der Waals surface area contributed by atoms with Gasteiger partial charge in [-0.1, -0.05) is 42.3 Å². The molecule has 1 aliphatic heterocycles. The van der Waals surface area contributed by atoms with E-state index in [0.29, 0.717) is 16.6 Å². The summed E-state index contributed by atoms with van der Waals surface area (Å²) in [7, 11) is 0. The highest BCUT2D eigenvalue weighted by molar-refractivity contribution is 7.18. The minimum absolute atomic E-state index is 0.00841. The van der Waals surface area contributed by atoms with Crippen molar-refractivity contribution in [3.05, 3.63) is 40.0 Å². The maximum absolute atomic E-state index is 12.1. The molecule has 1 N–H and O–H groups in total. The van der Waals surface area contributed by atoms with E-state index in [1.807, 2.05) is 32.9 Å². The number of fused-ring (bicyclic) bond motifs is 1. The Hall–Kier alpha value is -2.09. The number of hydrogen-bond acceptors (Lipinski definition) is 6. The molecule has 0 radical (unpaired) electrons. The summed E-state index contributed by atoms with van der Waals surface area (Å²) in [5.41, 5.74) is 2.24. The average Bonchev–Trinajstić information content (AvgIpc) is 3.18. The monoisotopic (exact) mass is 506 g/mol. The molecule has 33 heavy (non-hydrogen) atoms. The van der Waals surface area contributed by atoms with Crippen molar-refractivity contribution in [3.8, 4) is 11.1 Å². The van der Waals surface area contributed by atoms with Crippen molar-refractivity contribution in [2.24, 2.45) is 5.41 Å². The summed E-state index contributed by atoms with van der Waals surface area (Å²) in [4.78, 5) is 23.5. The van der Waals surface area contributed by atoms with Gasteiger partial charge in [0.15, 0.2) is 0 Å². The van der Waals surface area contributed by atoms with Gasteiger partial charge >= 0.3 is 6.09 Å². The summed E-state index contributed by atoms with van der Waals surface area (Å²) in [6.45, 7) is 10.1. The summed E-state index contributed by atoms with van der Waals surface area (Å²) in [6, 6.07) is 5.64. The van der Waals surface area contributed by atoms with Crippen LogP contribution in [-0.4, -0.2) is 41.3 Å². The molecule has 1 aliphatic rings. The number of nitrogens with one attached hydrogen (secondary N) is 1. The third kappa shape index (κ3) is 5.36. The number of thiophene rings is 1. The maximum atomic E-state index is 12.1. The molecule has 176 valence electrons. The zero-order chi connectivity index (χ0) is 23.8. The van der Waals surface area contributed by atoms with Gasteiger partial charge in [0.1, 0.15) is 17.7 Å². The van der Waals surface area contributed by atoms with E-state index in [1.54, 1.807) is 23.7 Å². The van der Waals surface area contributed by atoms with Crippen LogP contribution in [0.5, 0.6) is 0 Å². The van der Waals surface area contributed by atoms with Crippen LogP contribution in [0.3, 0.4) is 0 Å². The highest BCUT2D eigenvalue weighted by atomic mass is 35.5. The number of benzene rings is 1. The first-order valence-corrected chi connectivity index (χ1v) is 12.6. The fourth-order valence-corrected chi connectivity index (χ4v) is 5.44. The summed E-state index contributed by atoms with van der Waals surface area (Å²) < 4.78 is 6.41. The van der Waals surface area contributed by atoms with Crippen LogP contribution in [-0.2, 0) is 4.74 Å². The van der Waals surface area contributed by atoms with E-state index >= 15 is 0 Å². The Morgan fingerprint density at radius 3 is 2.64 bits per heavy atom. The minimum Gasteiger partial charge on any atom is -0.444 e. The smallest absolute Gasteiger partial charge is 0.407 e. The van der Waals surface area contributed by atoms with E-state index in [-0.39, 0.29) is 11.5 Å². The minimum atomic E-state index is -0.498. The quantitative estimate of drug-likeness (QED) is 0.421. The van der Waals surface area contributed by atoms with Gasteiger partial charge in [0.2, 0.25) is 0 Å². The third-order valence-electron chi connectivity index (χ3n) is 5.91. The second-order valence-corrected chi connectivity index (χ2v) is 11.4. The van der Waals surface area contributed by atoms with Crippen molar-refractivity contribution in [1.29, 1.82) is 0 Å². The molecule has 0 bridgehead atoms. The summed E-state index contributed by atoms with van der Waals surface area (Å²) in [6.07, 6.45) is 3.12. The number of nitrogens with zero attached hydrogens (tertiary/aromatic N) is 3. The first kappa shape index (κ1) is 24.0. The molecule has 6 nitrogen and oxygen atoms in total. The number of anilines is 1. The Morgan fingerprint density at radius 1 is 1.21 bits per heavy atom. The van der Waals surface area contributed by atoms with Crippen LogP contribution in [0.4, 0.5) is 10.6 Å².